The average Bonchev–Trinajstić information content (AvgIpc) is 3.35. The normalized spacial score (nSPS) is 11.2. The maximum Gasteiger partial charge on any atom is 0.175 e. The summed E-state index contributed by atoms with van der Waals surface area (Å²) in [7, 11) is 1.66. The Morgan fingerprint density at radius 2 is 2.14 bits per heavy atom. The number of anilines is 1. The number of methoxy groups -OCH3 is 1. The number of aromatic amines is 1. The Kier molecular flexibility index (Phi) is 5.18. The van der Waals surface area contributed by atoms with E-state index in [1.165, 1.54) is 6.33 Å². The summed E-state index contributed by atoms with van der Waals surface area (Å²) in [5.41, 5.74) is 15.3. The van der Waals surface area contributed by atoms with E-state index in [4.69, 9.17) is 21.2 Å². The van der Waals surface area contributed by atoms with Gasteiger partial charge in [0.1, 0.15) is 12.1 Å². The first-order valence-corrected chi connectivity index (χ1v) is 9.68. The zero-order chi connectivity index (χ0) is 19.5. The Morgan fingerprint density at radius 3 is 2.89 bits per heavy atom. The number of aryl methyl sites for hydroxylation is 1. The number of hydrogen-bond donors (Lipinski definition) is 3. The van der Waals surface area contributed by atoms with Gasteiger partial charge in [0, 0.05) is 29.4 Å². The van der Waals surface area contributed by atoms with Gasteiger partial charge in [-0.2, -0.15) is 0 Å². The molecule has 0 spiro atoms. The van der Waals surface area contributed by atoms with Gasteiger partial charge in [0.25, 0.3) is 0 Å². The van der Waals surface area contributed by atoms with Crippen LogP contribution in [0, 0.1) is 0 Å². The summed E-state index contributed by atoms with van der Waals surface area (Å²) in [5, 5.41) is 0.792. The molecule has 1 aromatic carbocycles. The number of nitrogens with one attached hydrogen (secondary N) is 1. The third kappa shape index (κ3) is 3.41. The summed E-state index contributed by atoms with van der Waals surface area (Å²) < 4.78 is 7.48. The number of ether oxygens (including phenoxy) is 1. The number of nitrogen functional groups attached to an aromatic ring is 1. The minimum Gasteiger partial charge on any atom is -0.497 e. The zero-order valence-corrected chi connectivity index (χ0v) is 16.2. The van der Waals surface area contributed by atoms with E-state index >= 15 is 0 Å². The molecular formula is C19H21N7OS. The summed E-state index contributed by atoms with van der Waals surface area (Å²) in [6, 6.07) is 8.04. The van der Waals surface area contributed by atoms with E-state index in [9.17, 15) is 0 Å². The standard InChI is InChI=1S/C19H21N7OS/c1-27-13-3-4-14(12-5-7-22-10-12)15(9-13)28-19-25-16-17(21)23-11-24-18(16)26(19)8-2-6-20/h3-5,7,9-11,22H,2,6,8,20H2,1H3,(H2,21,23,24). The van der Waals surface area contributed by atoms with Gasteiger partial charge in [0.05, 0.1) is 7.11 Å². The molecule has 4 aromatic rings. The van der Waals surface area contributed by atoms with Gasteiger partial charge in [-0.3, -0.25) is 0 Å². The average molecular weight is 395 g/mol. The molecule has 0 aliphatic heterocycles. The second-order valence-electron chi connectivity index (χ2n) is 6.18. The van der Waals surface area contributed by atoms with Crippen LogP contribution in [0.2, 0.25) is 0 Å². The summed E-state index contributed by atoms with van der Waals surface area (Å²) in [6.45, 7) is 1.29. The quantitative estimate of drug-likeness (QED) is 0.440. The highest BCUT2D eigenvalue weighted by atomic mass is 32.2. The molecule has 0 amide bonds. The number of H-pyrrole nitrogens is 1. The SMILES string of the molecule is COc1ccc(-c2cc[nH]c2)c(Sc2nc3c(N)ncnc3n2CCCN)c1. The monoisotopic (exact) mass is 395 g/mol. The molecule has 3 aromatic heterocycles. The van der Waals surface area contributed by atoms with Crippen LogP contribution in [0.25, 0.3) is 22.3 Å². The molecule has 0 radical (unpaired) electrons. The largest absolute Gasteiger partial charge is 0.497 e. The Bertz CT molecular complexity index is 1090. The molecule has 9 heteroatoms. The number of nitrogens with two attached hydrogens (primary N) is 2. The molecule has 0 saturated heterocycles. The molecule has 4 rings (SSSR count). The molecule has 0 unspecified atom stereocenters. The van der Waals surface area contributed by atoms with E-state index in [2.05, 4.69) is 15.0 Å². The lowest BCUT2D eigenvalue weighted by molar-refractivity contribution is 0.414. The molecule has 0 atom stereocenters. The van der Waals surface area contributed by atoms with Crippen molar-refractivity contribution in [3.05, 3.63) is 43.0 Å². The van der Waals surface area contributed by atoms with Crippen molar-refractivity contribution in [1.82, 2.24) is 24.5 Å². The number of hydrogen-bond acceptors (Lipinski definition) is 7. The van der Waals surface area contributed by atoms with Crippen LogP contribution in [0.4, 0.5) is 5.82 Å². The topological polar surface area (TPSA) is 121 Å². The lowest BCUT2D eigenvalue weighted by Crippen LogP contribution is -2.07. The molecule has 0 aliphatic rings. The summed E-state index contributed by atoms with van der Waals surface area (Å²) >= 11 is 1.55. The number of nitrogens with zero attached hydrogens (tertiary/aromatic N) is 4. The zero-order valence-electron chi connectivity index (χ0n) is 15.4. The van der Waals surface area contributed by atoms with Gasteiger partial charge in [-0.25, -0.2) is 15.0 Å². The molecule has 8 nitrogen and oxygen atoms in total. The van der Waals surface area contributed by atoms with E-state index < -0.39 is 0 Å². The van der Waals surface area contributed by atoms with Gasteiger partial charge >= 0.3 is 0 Å². The van der Waals surface area contributed by atoms with Crippen LogP contribution >= 0.6 is 11.8 Å². The van der Waals surface area contributed by atoms with Crippen molar-refractivity contribution in [3.63, 3.8) is 0 Å². The number of fused-ring (bicyclic) bond motifs is 1. The highest BCUT2D eigenvalue weighted by molar-refractivity contribution is 7.99. The molecule has 0 fully saturated rings. The first-order chi connectivity index (χ1) is 13.7. The van der Waals surface area contributed by atoms with Gasteiger partial charge in [-0.05, 0) is 42.8 Å². The first-order valence-electron chi connectivity index (χ1n) is 8.87. The second-order valence-corrected chi connectivity index (χ2v) is 7.19. The molecule has 28 heavy (non-hydrogen) atoms. The van der Waals surface area contributed by atoms with Gasteiger partial charge in [-0.1, -0.05) is 11.8 Å². The van der Waals surface area contributed by atoms with E-state index in [0.717, 1.165) is 39.0 Å². The molecule has 0 bridgehead atoms. The second kappa shape index (κ2) is 7.91. The third-order valence-corrected chi connectivity index (χ3v) is 5.46. The van der Waals surface area contributed by atoms with E-state index in [0.29, 0.717) is 24.4 Å². The van der Waals surface area contributed by atoms with Crippen molar-refractivity contribution in [2.75, 3.05) is 19.4 Å². The first kappa shape index (κ1) is 18.3. The van der Waals surface area contributed by atoms with Crippen LogP contribution in [0.15, 0.2) is 53.0 Å². The maximum absolute atomic E-state index is 6.03. The van der Waals surface area contributed by atoms with E-state index in [1.54, 1.807) is 18.9 Å². The number of benzene rings is 1. The molecule has 0 saturated carbocycles. The van der Waals surface area contributed by atoms with Crippen molar-refractivity contribution in [2.45, 2.75) is 23.0 Å². The lowest BCUT2D eigenvalue weighted by Gasteiger charge is -2.12. The predicted octanol–water partition coefficient (Wildman–Crippen LogP) is 2.91. The van der Waals surface area contributed by atoms with Gasteiger partial charge in [-0.15, -0.1) is 0 Å². The molecule has 5 N–H and O–H groups in total. The van der Waals surface area contributed by atoms with Gasteiger partial charge < -0.3 is 25.8 Å². The summed E-state index contributed by atoms with van der Waals surface area (Å²) in [5.74, 6) is 1.15. The van der Waals surface area contributed by atoms with Crippen LogP contribution in [0.5, 0.6) is 5.75 Å². The molecule has 3 heterocycles. The fraction of sp³-hybridized carbons (Fsp3) is 0.211. The van der Waals surface area contributed by atoms with Crippen LogP contribution in [0.3, 0.4) is 0 Å². The van der Waals surface area contributed by atoms with Crippen LogP contribution in [-0.4, -0.2) is 38.2 Å². The predicted molar refractivity (Wildman–Crippen MR) is 110 cm³/mol. The van der Waals surface area contributed by atoms with Gasteiger partial charge in [0.2, 0.25) is 0 Å². The fourth-order valence-electron chi connectivity index (χ4n) is 3.01. The maximum atomic E-state index is 6.03. The van der Waals surface area contributed by atoms with Crippen molar-refractivity contribution >= 4 is 28.7 Å². The molecular weight excluding hydrogens is 374 g/mol. The van der Waals surface area contributed by atoms with E-state index in [-0.39, 0.29) is 0 Å². The van der Waals surface area contributed by atoms with Crippen LogP contribution in [-0.2, 0) is 6.54 Å². The number of imidazole rings is 1. The van der Waals surface area contributed by atoms with Gasteiger partial charge in [0.15, 0.2) is 22.1 Å². The molecule has 0 aliphatic carbocycles. The third-order valence-electron chi connectivity index (χ3n) is 4.41. The minimum absolute atomic E-state index is 0.370. The van der Waals surface area contributed by atoms with E-state index in [1.807, 2.05) is 41.2 Å². The lowest BCUT2D eigenvalue weighted by atomic mass is 10.1. The Morgan fingerprint density at radius 1 is 1.25 bits per heavy atom. The highest BCUT2D eigenvalue weighted by Crippen LogP contribution is 2.39. The Hall–Kier alpha value is -3.04. The van der Waals surface area contributed by atoms with Crippen molar-refractivity contribution in [2.24, 2.45) is 5.73 Å². The summed E-state index contributed by atoms with van der Waals surface area (Å²) in [6.07, 6.45) is 6.14. The number of aromatic nitrogens is 5. The van der Waals surface area contributed by atoms with Crippen molar-refractivity contribution in [3.8, 4) is 16.9 Å². The van der Waals surface area contributed by atoms with Crippen molar-refractivity contribution < 1.29 is 4.74 Å². The Balaban J connectivity index is 1.82. The molecule has 144 valence electrons. The smallest absolute Gasteiger partial charge is 0.175 e. The Labute approximate surface area is 166 Å². The fourth-order valence-corrected chi connectivity index (χ4v) is 4.10. The number of rotatable bonds is 7. The summed E-state index contributed by atoms with van der Waals surface area (Å²) in [4.78, 5) is 17.3. The van der Waals surface area contributed by atoms with Crippen molar-refractivity contribution in [1.29, 1.82) is 0 Å². The highest BCUT2D eigenvalue weighted by Gasteiger charge is 2.18. The van der Waals surface area contributed by atoms with Crippen LogP contribution < -0.4 is 16.2 Å². The van der Waals surface area contributed by atoms with Crippen LogP contribution in [0.1, 0.15) is 6.42 Å². The minimum atomic E-state index is 0.370.